The molecule has 0 amide bonds. The molecule has 2 rings (SSSR count). The van der Waals surface area contributed by atoms with Crippen LogP contribution in [-0.4, -0.2) is 29.2 Å². The standard InChI is InChI=1S/C9H11N5O/c1-14(2)9-12-8(15-13-9)6-3-4-11-5-7(6)10/h3-5H,10H2,1-2H3. The van der Waals surface area contributed by atoms with Gasteiger partial charge in [0.2, 0.25) is 0 Å². The normalized spacial score (nSPS) is 10.3. The zero-order valence-electron chi connectivity index (χ0n) is 8.51. The SMILES string of the molecule is CN(C)c1noc(-c2ccncc2N)n1. The van der Waals surface area contributed by atoms with Gasteiger partial charge in [0, 0.05) is 20.3 Å². The molecule has 0 aliphatic rings. The highest BCUT2D eigenvalue weighted by atomic mass is 16.5. The number of hydrogen-bond donors (Lipinski definition) is 1. The van der Waals surface area contributed by atoms with Crippen LogP contribution in [0.4, 0.5) is 11.6 Å². The van der Waals surface area contributed by atoms with E-state index < -0.39 is 0 Å². The van der Waals surface area contributed by atoms with Gasteiger partial charge in [0.1, 0.15) is 0 Å². The van der Waals surface area contributed by atoms with Crippen LogP contribution in [0.1, 0.15) is 0 Å². The zero-order valence-corrected chi connectivity index (χ0v) is 8.51. The molecule has 0 unspecified atom stereocenters. The van der Waals surface area contributed by atoms with E-state index in [2.05, 4.69) is 15.1 Å². The number of nitrogens with zero attached hydrogens (tertiary/aromatic N) is 4. The largest absolute Gasteiger partial charge is 0.397 e. The van der Waals surface area contributed by atoms with Crippen LogP contribution in [-0.2, 0) is 0 Å². The van der Waals surface area contributed by atoms with Crippen LogP contribution in [0.3, 0.4) is 0 Å². The minimum atomic E-state index is 0.401. The van der Waals surface area contributed by atoms with Gasteiger partial charge in [-0.1, -0.05) is 0 Å². The van der Waals surface area contributed by atoms with Gasteiger partial charge in [-0.15, -0.1) is 0 Å². The van der Waals surface area contributed by atoms with Crippen molar-refractivity contribution in [1.29, 1.82) is 0 Å². The molecule has 0 radical (unpaired) electrons. The van der Waals surface area contributed by atoms with Crippen molar-refractivity contribution < 1.29 is 4.52 Å². The lowest BCUT2D eigenvalue weighted by Crippen LogP contribution is -2.10. The summed E-state index contributed by atoms with van der Waals surface area (Å²) in [6.07, 6.45) is 3.18. The third-order valence-corrected chi connectivity index (χ3v) is 1.90. The Morgan fingerprint density at radius 1 is 1.40 bits per heavy atom. The number of pyridine rings is 1. The van der Waals surface area contributed by atoms with E-state index >= 15 is 0 Å². The fourth-order valence-corrected chi connectivity index (χ4v) is 1.11. The maximum atomic E-state index is 5.73. The van der Waals surface area contributed by atoms with E-state index in [0.717, 1.165) is 0 Å². The van der Waals surface area contributed by atoms with Gasteiger partial charge in [0.15, 0.2) is 0 Å². The van der Waals surface area contributed by atoms with E-state index in [-0.39, 0.29) is 0 Å². The third kappa shape index (κ3) is 1.74. The Balaban J connectivity index is 2.42. The van der Waals surface area contributed by atoms with E-state index in [1.807, 2.05) is 14.1 Å². The van der Waals surface area contributed by atoms with E-state index in [4.69, 9.17) is 10.3 Å². The molecule has 15 heavy (non-hydrogen) atoms. The molecule has 78 valence electrons. The van der Waals surface area contributed by atoms with Crippen LogP contribution in [0, 0.1) is 0 Å². The van der Waals surface area contributed by atoms with Crippen LogP contribution in [0.25, 0.3) is 11.5 Å². The summed E-state index contributed by atoms with van der Waals surface area (Å²) in [5.74, 6) is 0.916. The molecule has 0 saturated carbocycles. The zero-order chi connectivity index (χ0) is 10.8. The van der Waals surface area contributed by atoms with Crippen molar-refractivity contribution in [3.63, 3.8) is 0 Å². The van der Waals surface area contributed by atoms with E-state index in [1.165, 1.54) is 0 Å². The molecule has 0 aliphatic carbocycles. The van der Waals surface area contributed by atoms with Crippen LogP contribution in [0.2, 0.25) is 0 Å². The highest BCUT2D eigenvalue weighted by Gasteiger charge is 2.12. The lowest BCUT2D eigenvalue weighted by atomic mass is 10.2. The van der Waals surface area contributed by atoms with Gasteiger partial charge in [0.05, 0.1) is 17.4 Å². The summed E-state index contributed by atoms with van der Waals surface area (Å²) in [5.41, 5.74) is 6.95. The third-order valence-electron chi connectivity index (χ3n) is 1.90. The molecule has 2 aromatic rings. The van der Waals surface area contributed by atoms with Crippen molar-refractivity contribution >= 4 is 11.6 Å². The van der Waals surface area contributed by atoms with Crippen LogP contribution in [0.15, 0.2) is 23.0 Å². The summed E-state index contributed by atoms with van der Waals surface area (Å²) in [6.45, 7) is 0. The monoisotopic (exact) mass is 205 g/mol. The van der Waals surface area contributed by atoms with Gasteiger partial charge in [0.25, 0.3) is 11.8 Å². The molecule has 0 saturated heterocycles. The Bertz CT molecular complexity index is 465. The number of rotatable bonds is 2. The van der Waals surface area contributed by atoms with Gasteiger partial charge >= 0.3 is 0 Å². The summed E-state index contributed by atoms with van der Waals surface area (Å²) in [6, 6.07) is 1.74. The molecule has 0 aromatic carbocycles. The van der Waals surface area contributed by atoms with Crippen LogP contribution < -0.4 is 10.6 Å². The highest BCUT2D eigenvalue weighted by molar-refractivity contribution is 5.69. The van der Waals surface area contributed by atoms with Gasteiger partial charge in [-0.2, -0.15) is 4.98 Å². The molecule has 0 bridgehead atoms. The summed E-state index contributed by atoms with van der Waals surface area (Å²) in [5, 5.41) is 3.80. The van der Waals surface area contributed by atoms with Crippen LogP contribution >= 0.6 is 0 Å². The Labute approximate surface area is 86.7 Å². The highest BCUT2D eigenvalue weighted by Crippen LogP contribution is 2.23. The topological polar surface area (TPSA) is 81.1 Å². The van der Waals surface area contributed by atoms with Crippen LogP contribution in [0.5, 0.6) is 0 Å². The number of aromatic nitrogens is 3. The molecule has 0 aliphatic heterocycles. The number of nitrogen functional groups attached to an aromatic ring is 1. The summed E-state index contributed by atoms with van der Waals surface area (Å²) < 4.78 is 5.08. The fourth-order valence-electron chi connectivity index (χ4n) is 1.11. The fraction of sp³-hybridized carbons (Fsp3) is 0.222. The minimum Gasteiger partial charge on any atom is -0.397 e. The Hall–Kier alpha value is -2.11. The van der Waals surface area contributed by atoms with Crippen molar-refractivity contribution in [2.24, 2.45) is 0 Å². The average molecular weight is 205 g/mol. The molecule has 0 fully saturated rings. The van der Waals surface area contributed by atoms with Crippen molar-refractivity contribution in [1.82, 2.24) is 15.1 Å². The lowest BCUT2D eigenvalue weighted by molar-refractivity contribution is 0.431. The van der Waals surface area contributed by atoms with Gasteiger partial charge < -0.3 is 15.2 Å². The van der Waals surface area contributed by atoms with Gasteiger partial charge in [-0.25, -0.2) is 0 Å². The molecule has 2 N–H and O–H groups in total. The summed E-state index contributed by atoms with van der Waals surface area (Å²) in [4.78, 5) is 9.82. The number of hydrogen-bond acceptors (Lipinski definition) is 6. The summed E-state index contributed by atoms with van der Waals surface area (Å²) >= 11 is 0. The first-order valence-electron chi connectivity index (χ1n) is 4.39. The van der Waals surface area contributed by atoms with Crippen molar-refractivity contribution in [3.05, 3.63) is 18.5 Å². The lowest BCUT2D eigenvalue weighted by Gasteiger charge is -2.02. The summed E-state index contributed by atoms with van der Waals surface area (Å²) in [7, 11) is 3.68. The molecular weight excluding hydrogens is 194 g/mol. The number of nitrogens with two attached hydrogens (primary N) is 1. The first kappa shape index (κ1) is 9.45. The Morgan fingerprint density at radius 2 is 2.20 bits per heavy atom. The van der Waals surface area contributed by atoms with Gasteiger partial charge in [-0.3, -0.25) is 4.98 Å². The predicted molar refractivity (Wildman–Crippen MR) is 56.3 cm³/mol. The second kappa shape index (κ2) is 3.56. The second-order valence-corrected chi connectivity index (χ2v) is 3.26. The molecule has 6 heteroatoms. The van der Waals surface area contributed by atoms with E-state index in [1.54, 1.807) is 23.4 Å². The predicted octanol–water partition coefficient (Wildman–Crippen LogP) is 0.780. The molecule has 6 nitrogen and oxygen atoms in total. The average Bonchev–Trinajstić information content (AvgIpc) is 2.67. The maximum absolute atomic E-state index is 5.73. The van der Waals surface area contributed by atoms with E-state index in [9.17, 15) is 0 Å². The van der Waals surface area contributed by atoms with Crippen molar-refractivity contribution in [2.45, 2.75) is 0 Å². The van der Waals surface area contributed by atoms with Gasteiger partial charge in [-0.05, 0) is 11.2 Å². The molecule has 2 aromatic heterocycles. The molecular formula is C9H11N5O. The first-order valence-corrected chi connectivity index (χ1v) is 4.39. The maximum Gasteiger partial charge on any atom is 0.265 e. The molecule has 0 atom stereocenters. The van der Waals surface area contributed by atoms with E-state index in [0.29, 0.717) is 23.1 Å². The smallest absolute Gasteiger partial charge is 0.265 e. The molecule has 0 spiro atoms. The second-order valence-electron chi connectivity index (χ2n) is 3.26. The van der Waals surface area contributed by atoms with Crippen molar-refractivity contribution in [2.75, 3.05) is 24.7 Å². The molecule has 2 heterocycles. The Morgan fingerprint density at radius 3 is 2.80 bits per heavy atom. The first-order chi connectivity index (χ1) is 7.18. The quantitative estimate of drug-likeness (QED) is 0.780. The van der Waals surface area contributed by atoms with Crippen molar-refractivity contribution in [3.8, 4) is 11.5 Å². The number of anilines is 2. The minimum absolute atomic E-state index is 0.401. The Kier molecular flexibility index (Phi) is 2.24.